The zero-order valence-electron chi connectivity index (χ0n) is 21.6. The van der Waals surface area contributed by atoms with Crippen molar-refractivity contribution in [1.29, 1.82) is 10.8 Å². The SMILES string of the molecule is BrBr.CC.CC.CC.CC.CC(=O)O.N=Cc1csc(N=CN)n1.N=Cc1nc(N=CN)sc1Br. The molecule has 0 atom stereocenters. The summed E-state index contributed by atoms with van der Waals surface area (Å²) in [4.78, 5) is 24.4. The summed E-state index contributed by atoms with van der Waals surface area (Å²) < 4.78 is 0.799. The number of rotatable bonds is 4. The van der Waals surface area contributed by atoms with Crippen molar-refractivity contribution in [3.05, 3.63) is 20.6 Å². The molecule has 0 amide bonds. The van der Waals surface area contributed by atoms with E-state index in [1.54, 1.807) is 5.38 Å². The lowest BCUT2D eigenvalue weighted by molar-refractivity contribution is -0.134. The van der Waals surface area contributed by atoms with Gasteiger partial charge in [0, 0.05) is 53.0 Å². The summed E-state index contributed by atoms with van der Waals surface area (Å²) in [6, 6.07) is 0. The maximum Gasteiger partial charge on any atom is 0.300 e. The van der Waals surface area contributed by atoms with Gasteiger partial charge in [0.15, 0.2) is 0 Å². The van der Waals surface area contributed by atoms with Gasteiger partial charge in [-0.15, -0.1) is 11.3 Å². The average molecular weight is 727 g/mol. The molecule has 204 valence electrons. The summed E-state index contributed by atoms with van der Waals surface area (Å²) in [7, 11) is 0. The van der Waals surface area contributed by atoms with Crippen LogP contribution in [0, 0.1) is 10.8 Å². The number of aromatic nitrogens is 2. The zero-order chi connectivity index (χ0) is 29.2. The lowest BCUT2D eigenvalue weighted by atomic mass is 10.6. The Hall–Kier alpha value is -1.55. The normalized spacial score (nSPS) is 7.89. The van der Waals surface area contributed by atoms with E-state index in [1.807, 2.05) is 55.4 Å². The van der Waals surface area contributed by atoms with Crippen LogP contribution in [0.2, 0.25) is 0 Å². The van der Waals surface area contributed by atoms with Crippen LogP contribution in [0.3, 0.4) is 0 Å². The van der Waals surface area contributed by atoms with Crippen molar-refractivity contribution in [1.82, 2.24) is 9.97 Å². The minimum absolute atomic E-state index is 0.554. The van der Waals surface area contributed by atoms with E-state index >= 15 is 0 Å². The van der Waals surface area contributed by atoms with Gasteiger partial charge in [-0.1, -0.05) is 66.7 Å². The van der Waals surface area contributed by atoms with Gasteiger partial charge in [-0.3, -0.25) is 4.79 Å². The van der Waals surface area contributed by atoms with Crippen LogP contribution in [0.5, 0.6) is 0 Å². The van der Waals surface area contributed by atoms with E-state index in [1.165, 1.54) is 41.6 Å². The van der Waals surface area contributed by atoms with E-state index in [-0.39, 0.29) is 0 Å². The van der Waals surface area contributed by atoms with Gasteiger partial charge in [-0.25, -0.2) is 20.0 Å². The largest absolute Gasteiger partial charge is 0.481 e. The quantitative estimate of drug-likeness (QED) is 0.156. The summed E-state index contributed by atoms with van der Waals surface area (Å²) in [5, 5.41) is 24.1. The number of carbonyl (C=O) groups is 1. The highest BCUT2D eigenvalue weighted by Gasteiger charge is 2.03. The Morgan fingerprint density at radius 1 is 0.943 bits per heavy atom. The van der Waals surface area contributed by atoms with Crippen molar-refractivity contribution in [3.8, 4) is 0 Å². The van der Waals surface area contributed by atoms with Crippen molar-refractivity contribution in [3.63, 3.8) is 0 Å². The number of nitrogens with zero attached hydrogens (tertiary/aromatic N) is 4. The number of aliphatic imine (C=N–C) groups is 2. The molecule has 0 aliphatic rings. The molecule has 0 aliphatic heterocycles. The van der Waals surface area contributed by atoms with Crippen molar-refractivity contribution in [2.75, 3.05) is 0 Å². The Kier molecular flexibility index (Phi) is 56.9. The second kappa shape index (κ2) is 42.6. The molecule has 15 heteroatoms. The number of carboxylic acids is 1. The number of nitrogens with one attached hydrogen (secondary N) is 2. The average Bonchev–Trinajstić information content (AvgIpc) is 3.51. The van der Waals surface area contributed by atoms with E-state index in [0.29, 0.717) is 21.7 Å². The minimum Gasteiger partial charge on any atom is -0.481 e. The third kappa shape index (κ3) is 34.7. The highest BCUT2D eigenvalue weighted by Crippen LogP contribution is 2.28. The van der Waals surface area contributed by atoms with Crippen LogP contribution in [-0.2, 0) is 4.79 Å². The minimum atomic E-state index is -0.833. The molecule has 2 aromatic rings. The molecule has 10 nitrogen and oxygen atoms in total. The number of carboxylic acid groups (broad SMARTS) is 1. The van der Waals surface area contributed by atoms with Crippen molar-refractivity contribution in [2.45, 2.75) is 62.3 Å². The predicted molar refractivity (Wildman–Crippen MR) is 169 cm³/mol. The fourth-order valence-electron chi connectivity index (χ4n) is 0.976. The van der Waals surface area contributed by atoms with E-state index in [0.717, 1.165) is 16.9 Å². The van der Waals surface area contributed by atoms with Gasteiger partial charge < -0.3 is 27.4 Å². The van der Waals surface area contributed by atoms with E-state index < -0.39 is 5.97 Å². The fraction of sp³-hybridized carbons (Fsp3) is 0.450. The van der Waals surface area contributed by atoms with Gasteiger partial charge in [-0.05, 0) is 15.9 Å². The molecule has 0 unspecified atom stereocenters. The number of halogens is 3. The standard InChI is InChI=1S/C5H5BrN4S.C5H6N4S.C2H4O2.4C2H6.Br2/c6-4-3(1-7)10-5(11-4)9-2-8;6-1-4-2-10-5(9-4)8-3-7;1-2(3)4;5*1-2/h1-2,7H,(H2,8,9,10);1-3,6H,(H2,7,8,9);1H3,(H,3,4);4*1-2H3;. The van der Waals surface area contributed by atoms with Gasteiger partial charge in [0.25, 0.3) is 5.97 Å². The lowest BCUT2D eigenvalue weighted by Gasteiger charge is -1.78. The Balaban J connectivity index is -0.0000000802. The smallest absolute Gasteiger partial charge is 0.300 e. The van der Waals surface area contributed by atoms with Crippen molar-refractivity contribution in [2.24, 2.45) is 21.5 Å². The van der Waals surface area contributed by atoms with Crippen LogP contribution in [-0.4, -0.2) is 46.2 Å². The van der Waals surface area contributed by atoms with E-state index in [4.69, 9.17) is 32.2 Å². The first-order valence-corrected chi connectivity index (χ1v) is 16.5. The fourth-order valence-corrected chi connectivity index (χ4v) is 2.87. The summed E-state index contributed by atoms with van der Waals surface area (Å²) in [5.41, 5.74) is 11.3. The first-order valence-electron chi connectivity index (χ1n) is 10.3. The molecule has 2 aromatic heterocycles. The molecule has 0 aromatic carbocycles. The molecule has 2 heterocycles. The van der Waals surface area contributed by atoms with Gasteiger partial charge in [0.05, 0.1) is 18.4 Å². The summed E-state index contributed by atoms with van der Waals surface area (Å²) in [6.07, 6.45) is 4.70. The van der Waals surface area contributed by atoms with Crippen LogP contribution >= 0.6 is 66.9 Å². The van der Waals surface area contributed by atoms with Gasteiger partial charge >= 0.3 is 0 Å². The van der Waals surface area contributed by atoms with Crippen LogP contribution < -0.4 is 11.5 Å². The maximum atomic E-state index is 9.00. The Bertz CT molecular complexity index is 767. The second-order valence-electron chi connectivity index (χ2n) is 3.57. The third-order valence-corrected chi connectivity index (χ3v) is 4.19. The molecule has 0 spiro atoms. The maximum absolute atomic E-state index is 9.00. The lowest BCUT2D eigenvalue weighted by Crippen LogP contribution is -1.86. The molecule has 0 saturated heterocycles. The molecule has 0 bridgehead atoms. The topological polar surface area (TPSA) is 188 Å². The Labute approximate surface area is 241 Å². The molecule has 0 aliphatic carbocycles. The van der Waals surface area contributed by atoms with E-state index in [2.05, 4.69) is 64.1 Å². The number of aliphatic carboxylic acids is 1. The first kappa shape index (κ1) is 46.7. The number of hydrogen-bond acceptors (Lipinski definition) is 9. The molecule has 2 rings (SSSR count). The van der Waals surface area contributed by atoms with E-state index in [9.17, 15) is 0 Å². The molecular weight excluding hydrogens is 688 g/mol. The van der Waals surface area contributed by atoms with Crippen LogP contribution in [0.4, 0.5) is 10.3 Å². The van der Waals surface area contributed by atoms with Gasteiger partial charge in [0.1, 0.15) is 9.48 Å². The van der Waals surface area contributed by atoms with Crippen molar-refractivity contribution >= 4 is 108 Å². The zero-order valence-corrected chi connectivity index (χ0v) is 28.0. The molecular formula is C20H39Br3N8O2S2. The molecule has 0 radical (unpaired) electrons. The third-order valence-electron chi connectivity index (χ3n) is 1.76. The molecule has 7 N–H and O–H groups in total. The number of hydrogen-bond donors (Lipinski definition) is 5. The first-order chi connectivity index (χ1) is 16.9. The van der Waals surface area contributed by atoms with Gasteiger partial charge in [0.2, 0.25) is 10.3 Å². The van der Waals surface area contributed by atoms with Gasteiger partial charge in [-0.2, -0.15) is 0 Å². The van der Waals surface area contributed by atoms with Crippen LogP contribution in [0.25, 0.3) is 0 Å². The van der Waals surface area contributed by atoms with Crippen LogP contribution in [0.1, 0.15) is 73.7 Å². The highest BCUT2D eigenvalue weighted by molar-refractivity contribution is 9.93. The second-order valence-corrected chi connectivity index (χ2v) is 6.71. The molecule has 35 heavy (non-hydrogen) atoms. The highest BCUT2D eigenvalue weighted by atomic mass is 80.9. The monoisotopic (exact) mass is 724 g/mol. The summed E-state index contributed by atoms with van der Waals surface area (Å²) in [6.45, 7) is 17.1. The number of nitrogens with two attached hydrogens (primary N) is 2. The number of thiazole rings is 2. The van der Waals surface area contributed by atoms with Crippen molar-refractivity contribution < 1.29 is 9.90 Å². The summed E-state index contributed by atoms with van der Waals surface area (Å²) in [5.74, 6) is -0.833. The van der Waals surface area contributed by atoms with Crippen LogP contribution in [0.15, 0.2) is 19.2 Å². The Morgan fingerprint density at radius 2 is 1.34 bits per heavy atom. The molecule has 0 fully saturated rings. The summed E-state index contributed by atoms with van der Waals surface area (Å²) >= 11 is 11.4. The Morgan fingerprint density at radius 3 is 1.63 bits per heavy atom. The predicted octanol–water partition coefficient (Wildman–Crippen LogP) is 8.17. The molecule has 0 saturated carbocycles.